The van der Waals surface area contributed by atoms with Crippen LogP contribution in [0.2, 0.25) is 5.02 Å². The van der Waals surface area contributed by atoms with Gasteiger partial charge in [0.1, 0.15) is 5.75 Å². The molecule has 1 heterocycles. The molecule has 0 fully saturated rings. The minimum atomic E-state index is 0.204. The third-order valence-electron chi connectivity index (χ3n) is 3.16. The Morgan fingerprint density at radius 3 is 2.67 bits per heavy atom. The standard InChI is InChI=1S/C15H12ClNO/c1-2-9-3-5-11-14(7-9)17-13-6-4-10(18)8-12(13)15(11)16/h3-8,18H,2H2,1H3. The van der Waals surface area contributed by atoms with Gasteiger partial charge in [-0.05, 0) is 36.2 Å². The smallest absolute Gasteiger partial charge is 0.116 e. The van der Waals surface area contributed by atoms with Crippen molar-refractivity contribution in [2.45, 2.75) is 13.3 Å². The van der Waals surface area contributed by atoms with Crippen LogP contribution in [0.4, 0.5) is 0 Å². The molecule has 0 saturated carbocycles. The van der Waals surface area contributed by atoms with Gasteiger partial charge in [-0.15, -0.1) is 0 Å². The number of rotatable bonds is 1. The predicted molar refractivity (Wildman–Crippen MR) is 75.3 cm³/mol. The maximum absolute atomic E-state index is 9.52. The normalized spacial score (nSPS) is 11.2. The number of benzene rings is 2. The van der Waals surface area contributed by atoms with Crippen molar-refractivity contribution in [3.63, 3.8) is 0 Å². The maximum atomic E-state index is 9.52. The van der Waals surface area contributed by atoms with Crippen molar-refractivity contribution in [3.8, 4) is 5.75 Å². The molecule has 2 nitrogen and oxygen atoms in total. The van der Waals surface area contributed by atoms with Crippen LogP contribution in [0.3, 0.4) is 0 Å². The number of aryl methyl sites for hydroxylation is 1. The largest absolute Gasteiger partial charge is 0.508 e. The second-order valence-corrected chi connectivity index (χ2v) is 4.71. The molecule has 0 aliphatic carbocycles. The van der Waals surface area contributed by atoms with E-state index in [1.54, 1.807) is 18.2 Å². The van der Waals surface area contributed by atoms with Gasteiger partial charge < -0.3 is 5.11 Å². The second kappa shape index (κ2) is 4.14. The summed E-state index contributed by atoms with van der Waals surface area (Å²) in [7, 11) is 0. The van der Waals surface area contributed by atoms with E-state index in [1.807, 2.05) is 6.07 Å². The summed E-state index contributed by atoms with van der Waals surface area (Å²) in [5.74, 6) is 0.204. The Morgan fingerprint density at radius 2 is 1.89 bits per heavy atom. The number of hydrogen-bond donors (Lipinski definition) is 1. The van der Waals surface area contributed by atoms with Gasteiger partial charge in [0.2, 0.25) is 0 Å². The van der Waals surface area contributed by atoms with Crippen LogP contribution in [0.15, 0.2) is 36.4 Å². The molecule has 0 bridgehead atoms. The number of pyridine rings is 1. The van der Waals surface area contributed by atoms with Crippen LogP contribution in [0.5, 0.6) is 5.75 Å². The molecule has 3 aromatic rings. The lowest BCUT2D eigenvalue weighted by atomic mass is 10.1. The van der Waals surface area contributed by atoms with Crippen molar-refractivity contribution >= 4 is 33.4 Å². The lowest BCUT2D eigenvalue weighted by Gasteiger charge is -2.07. The molecule has 0 saturated heterocycles. The summed E-state index contributed by atoms with van der Waals surface area (Å²) in [5, 5.41) is 11.9. The molecule has 90 valence electrons. The first kappa shape index (κ1) is 11.3. The summed E-state index contributed by atoms with van der Waals surface area (Å²) in [6.45, 7) is 2.11. The average Bonchev–Trinajstić information content (AvgIpc) is 2.39. The Balaban J connectivity index is 2.44. The third kappa shape index (κ3) is 1.70. The quantitative estimate of drug-likeness (QED) is 0.659. The fraction of sp³-hybridized carbons (Fsp3) is 0.133. The Hall–Kier alpha value is -1.80. The zero-order valence-corrected chi connectivity index (χ0v) is 10.7. The fourth-order valence-corrected chi connectivity index (χ4v) is 2.46. The Bertz CT molecular complexity index is 752. The molecule has 0 aliphatic rings. The highest BCUT2D eigenvalue weighted by atomic mass is 35.5. The fourth-order valence-electron chi connectivity index (χ4n) is 2.15. The van der Waals surface area contributed by atoms with Gasteiger partial charge in [-0.2, -0.15) is 0 Å². The summed E-state index contributed by atoms with van der Waals surface area (Å²) in [4.78, 5) is 4.59. The van der Waals surface area contributed by atoms with Crippen LogP contribution in [0.25, 0.3) is 21.8 Å². The number of nitrogens with zero attached hydrogens (tertiary/aromatic N) is 1. The van der Waals surface area contributed by atoms with Gasteiger partial charge in [-0.25, -0.2) is 4.98 Å². The molecule has 0 spiro atoms. The molecule has 0 amide bonds. The van der Waals surface area contributed by atoms with Gasteiger partial charge in [0.05, 0.1) is 16.1 Å². The predicted octanol–water partition coefficient (Wildman–Crippen LogP) is 4.31. The lowest BCUT2D eigenvalue weighted by Crippen LogP contribution is -1.87. The van der Waals surface area contributed by atoms with E-state index < -0.39 is 0 Å². The molecule has 3 heteroatoms. The lowest BCUT2D eigenvalue weighted by molar-refractivity contribution is 0.476. The molecule has 3 rings (SSSR count). The van der Waals surface area contributed by atoms with Crippen LogP contribution in [-0.4, -0.2) is 10.1 Å². The minimum Gasteiger partial charge on any atom is -0.508 e. The van der Waals surface area contributed by atoms with Crippen molar-refractivity contribution in [1.29, 1.82) is 0 Å². The summed E-state index contributed by atoms with van der Waals surface area (Å²) in [5.41, 5.74) is 2.94. The number of aromatic hydroxyl groups is 1. The highest BCUT2D eigenvalue weighted by Crippen LogP contribution is 2.32. The molecular weight excluding hydrogens is 246 g/mol. The number of fused-ring (bicyclic) bond motifs is 2. The molecule has 0 aliphatic heterocycles. The van der Waals surface area contributed by atoms with Gasteiger partial charge in [0.25, 0.3) is 0 Å². The van der Waals surface area contributed by atoms with E-state index >= 15 is 0 Å². The Morgan fingerprint density at radius 1 is 1.06 bits per heavy atom. The molecule has 2 aromatic carbocycles. The molecule has 1 aromatic heterocycles. The Kier molecular flexibility index (Phi) is 2.60. The van der Waals surface area contributed by atoms with Gasteiger partial charge in [-0.1, -0.05) is 30.7 Å². The van der Waals surface area contributed by atoms with E-state index in [9.17, 15) is 5.11 Å². The van der Waals surface area contributed by atoms with Gasteiger partial charge >= 0.3 is 0 Å². The summed E-state index contributed by atoms with van der Waals surface area (Å²) in [6.07, 6.45) is 0.975. The summed E-state index contributed by atoms with van der Waals surface area (Å²) in [6, 6.07) is 11.2. The monoisotopic (exact) mass is 257 g/mol. The van der Waals surface area contributed by atoms with Crippen LogP contribution in [-0.2, 0) is 6.42 Å². The number of phenols is 1. The highest BCUT2D eigenvalue weighted by Gasteiger charge is 2.08. The molecule has 0 atom stereocenters. The van der Waals surface area contributed by atoms with Crippen molar-refractivity contribution < 1.29 is 5.11 Å². The van der Waals surface area contributed by atoms with E-state index in [0.717, 1.165) is 28.2 Å². The molecular formula is C15H12ClNO. The van der Waals surface area contributed by atoms with Crippen LogP contribution in [0, 0.1) is 0 Å². The molecule has 0 unspecified atom stereocenters. The number of aromatic nitrogens is 1. The first-order chi connectivity index (χ1) is 8.69. The second-order valence-electron chi connectivity index (χ2n) is 4.33. The maximum Gasteiger partial charge on any atom is 0.116 e. The zero-order chi connectivity index (χ0) is 12.7. The van der Waals surface area contributed by atoms with Crippen molar-refractivity contribution in [3.05, 3.63) is 47.0 Å². The van der Waals surface area contributed by atoms with Gasteiger partial charge in [0, 0.05) is 10.8 Å². The first-order valence-electron chi connectivity index (χ1n) is 5.90. The minimum absolute atomic E-state index is 0.204. The first-order valence-corrected chi connectivity index (χ1v) is 6.27. The summed E-state index contributed by atoms with van der Waals surface area (Å²) >= 11 is 6.39. The third-order valence-corrected chi connectivity index (χ3v) is 3.57. The molecule has 1 N–H and O–H groups in total. The topological polar surface area (TPSA) is 33.1 Å². The van der Waals surface area contributed by atoms with Crippen molar-refractivity contribution in [1.82, 2.24) is 4.98 Å². The zero-order valence-electron chi connectivity index (χ0n) is 9.94. The summed E-state index contributed by atoms with van der Waals surface area (Å²) < 4.78 is 0. The van der Waals surface area contributed by atoms with Crippen molar-refractivity contribution in [2.24, 2.45) is 0 Å². The van der Waals surface area contributed by atoms with Crippen molar-refractivity contribution in [2.75, 3.05) is 0 Å². The Labute approximate surface area is 110 Å². The van der Waals surface area contributed by atoms with E-state index in [2.05, 4.69) is 24.0 Å². The van der Waals surface area contributed by atoms with Gasteiger partial charge in [-0.3, -0.25) is 0 Å². The SMILES string of the molecule is CCc1ccc2c(Cl)c3cc(O)ccc3nc2c1. The van der Waals surface area contributed by atoms with Gasteiger partial charge in [0.15, 0.2) is 0 Å². The van der Waals surface area contributed by atoms with Crippen LogP contribution >= 0.6 is 11.6 Å². The van der Waals surface area contributed by atoms with E-state index in [-0.39, 0.29) is 5.75 Å². The van der Waals surface area contributed by atoms with E-state index in [0.29, 0.717) is 5.02 Å². The van der Waals surface area contributed by atoms with Crippen LogP contribution < -0.4 is 0 Å². The van der Waals surface area contributed by atoms with Crippen LogP contribution in [0.1, 0.15) is 12.5 Å². The van der Waals surface area contributed by atoms with E-state index in [4.69, 9.17) is 11.6 Å². The molecule has 0 radical (unpaired) electrons. The molecule has 18 heavy (non-hydrogen) atoms. The average molecular weight is 258 g/mol. The number of hydrogen-bond acceptors (Lipinski definition) is 2. The van der Waals surface area contributed by atoms with E-state index in [1.165, 1.54) is 5.56 Å². The number of phenolic OH excluding ortho intramolecular Hbond substituents is 1. The highest BCUT2D eigenvalue weighted by molar-refractivity contribution is 6.40. The number of halogens is 1.